The van der Waals surface area contributed by atoms with Crippen LogP contribution in [0, 0.1) is 0 Å². The van der Waals surface area contributed by atoms with Crippen LogP contribution in [0.3, 0.4) is 0 Å². The lowest BCUT2D eigenvalue weighted by Crippen LogP contribution is -2.47. The highest BCUT2D eigenvalue weighted by Crippen LogP contribution is 2.47. The Hall–Kier alpha value is -4.62. The molecule has 2 aliphatic heterocycles. The lowest BCUT2D eigenvalue weighted by atomic mass is 9.69. The van der Waals surface area contributed by atoms with Gasteiger partial charge in [0.15, 0.2) is 0 Å². The van der Waals surface area contributed by atoms with Gasteiger partial charge in [0.25, 0.3) is 0 Å². The molecule has 0 spiro atoms. The number of phenolic OH excluding ortho intramolecular Hbond substituents is 1. The number of benzene rings is 4. The fourth-order valence-corrected chi connectivity index (χ4v) is 7.94. The van der Waals surface area contributed by atoms with Gasteiger partial charge in [-0.2, -0.15) is 0 Å². The monoisotopic (exact) mass is 628 g/mol. The first-order valence-electron chi connectivity index (χ1n) is 17.0. The van der Waals surface area contributed by atoms with Crippen molar-refractivity contribution in [2.24, 2.45) is 0 Å². The Morgan fingerprint density at radius 1 is 0.830 bits per heavy atom. The Labute approximate surface area is 277 Å². The summed E-state index contributed by atoms with van der Waals surface area (Å²) in [5, 5.41) is 15.9. The van der Waals surface area contributed by atoms with Crippen molar-refractivity contribution in [1.82, 2.24) is 10.2 Å². The molecule has 7 rings (SSSR count). The van der Waals surface area contributed by atoms with Crippen molar-refractivity contribution >= 4 is 23.2 Å². The molecule has 7 heteroatoms. The van der Waals surface area contributed by atoms with Crippen molar-refractivity contribution < 1.29 is 14.7 Å². The van der Waals surface area contributed by atoms with Crippen LogP contribution < -0.4 is 15.5 Å². The number of carbonyl (C=O) groups is 2. The Bertz CT molecular complexity index is 1720. The Kier molecular flexibility index (Phi) is 8.99. The van der Waals surface area contributed by atoms with Crippen molar-refractivity contribution in [3.63, 3.8) is 0 Å². The van der Waals surface area contributed by atoms with E-state index in [2.05, 4.69) is 100 Å². The lowest BCUT2D eigenvalue weighted by molar-refractivity contribution is -0.133. The number of aryl methyl sites for hydroxylation is 1. The topological polar surface area (TPSA) is 84.9 Å². The molecular formula is C40H44N4O3. The summed E-state index contributed by atoms with van der Waals surface area (Å²) in [4.78, 5) is 28.7. The quantitative estimate of drug-likeness (QED) is 0.192. The highest BCUT2D eigenvalue weighted by atomic mass is 16.3. The van der Waals surface area contributed by atoms with E-state index in [1.165, 1.54) is 33.5 Å². The van der Waals surface area contributed by atoms with Crippen LogP contribution >= 0.6 is 0 Å². The second-order valence-electron chi connectivity index (χ2n) is 13.5. The highest BCUT2D eigenvalue weighted by Gasteiger charge is 2.32. The van der Waals surface area contributed by atoms with Crippen LogP contribution in [0.1, 0.15) is 71.8 Å². The molecule has 1 aliphatic carbocycles. The van der Waals surface area contributed by atoms with Gasteiger partial charge < -0.3 is 15.3 Å². The first-order valence-corrected chi connectivity index (χ1v) is 17.0. The number of hydrogen-bond donors (Lipinski definition) is 3. The summed E-state index contributed by atoms with van der Waals surface area (Å²) in [6.07, 6.45) is 5.12. The summed E-state index contributed by atoms with van der Waals surface area (Å²) in [6, 6.07) is 34.4. The van der Waals surface area contributed by atoms with Crippen LogP contribution in [0.4, 0.5) is 11.4 Å². The smallest absolute Gasteiger partial charge is 0.249 e. The zero-order chi connectivity index (χ0) is 32.3. The summed E-state index contributed by atoms with van der Waals surface area (Å²) in [5.41, 5.74) is 8.69. The number of amides is 2. The third-order valence-electron chi connectivity index (χ3n) is 10.5. The number of imide groups is 1. The minimum absolute atomic E-state index is 0.198. The molecule has 4 aromatic rings. The SMILES string of the molecule is CN(Cc1cccc(NC2CCC(=O)NC2=O)c1)C1CCN(c2ccc(C3c4ccc(O)cc4CCC3c3ccccc3)cc2)CC1. The first-order chi connectivity index (χ1) is 22.9. The molecule has 7 nitrogen and oxygen atoms in total. The third kappa shape index (κ3) is 6.91. The molecule has 0 radical (unpaired) electrons. The van der Waals surface area contributed by atoms with Crippen LogP contribution in [-0.4, -0.2) is 54.0 Å². The van der Waals surface area contributed by atoms with E-state index in [4.69, 9.17) is 0 Å². The van der Waals surface area contributed by atoms with E-state index in [1.54, 1.807) is 0 Å². The predicted octanol–water partition coefficient (Wildman–Crippen LogP) is 6.57. The third-order valence-corrected chi connectivity index (χ3v) is 10.5. The normalized spacial score (nSPS) is 21.7. The number of phenols is 1. The fourth-order valence-electron chi connectivity index (χ4n) is 7.94. The van der Waals surface area contributed by atoms with Gasteiger partial charge in [0.2, 0.25) is 11.8 Å². The van der Waals surface area contributed by atoms with Gasteiger partial charge >= 0.3 is 0 Å². The number of fused-ring (bicyclic) bond motifs is 1. The van der Waals surface area contributed by atoms with Crippen molar-refractivity contribution in [3.8, 4) is 5.75 Å². The summed E-state index contributed by atoms with van der Waals surface area (Å²) in [7, 11) is 2.21. The molecule has 47 heavy (non-hydrogen) atoms. The number of carbonyl (C=O) groups excluding carboxylic acids is 2. The molecule has 0 aromatic heterocycles. The minimum atomic E-state index is -0.377. The molecule has 3 atom stereocenters. The van der Waals surface area contributed by atoms with E-state index in [-0.39, 0.29) is 23.8 Å². The first kappa shape index (κ1) is 31.0. The van der Waals surface area contributed by atoms with Gasteiger partial charge in [-0.1, -0.05) is 60.7 Å². The molecule has 0 saturated carbocycles. The minimum Gasteiger partial charge on any atom is -0.508 e. The lowest BCUT2D eigenvalue weighted by Gasteiger charge is -2.38. The Balaban J connectivity index is 0.982. The molecule has 3 unspecified atom stereocenters. The molecule has 2 saturated heterocycles. The van der Waals surface area contributed by atoms with E-state index in [9.17, 15) is 14.7 Å². The van der Waals surface area contributed by atoms with E-state index in [0.717, 1.165) is 51.0 Å². The predicted molar refractivity (Wildman–Crippen MR) is 187 cm³/mol. The van der Waals surface area contributed by atoms with Crippen LogP contribution in [0.5, 0.6) is 5.75 Å². The number of nitrogens with one attached hydrogen (secondary N) is 2. The summed E-state index contributed by atoms with van der Waals surface area (Å²) < 4.78 is 0. The largest absolute Gasteiger partial charge is 0.508 e. The van der Waals surface area contributed by atoms with Gasteiger partial charge in [0.05, 0.1) is 0 Å². The van der Waals surface area contributed by atoms with Gasteiger partial charge in [-0.15, -0.1) is 0 Å². The van der Waals surface area contributed by atoms with Crippen LogP contribution in [0.15, 0.2) is 97.1 Å². The Morgan fingerprint density at radius 2 is 1.62 bits per heavy atom. The van der Waals surface area contributed by atoms with Crippen LogP contribution in [0.25, 0.3) is 0 Å². The van der Waals surface area contributed by atoms with Gasteiger partial charge in [-0.05, 0) is 109 Å². The molecule has 2 amide bonds. The maximum absolute atomic E-state index is 12.2. The molecule has 2 heterocycles. The average molecular weight is 629 g/mol. The van der Waals surface area contributed by atoms with Gasteiger partial charge in [-0.25, -0.2) is 0 Å². The molecule has 242 valence electrons. The van der Waals surface area contributed by atoms with E-state index < -0.39 is 0 Å². The molecule has 0 bridgehead atoms. The van der Waals surface area contributed by atoms with Crippen LogP contribution in [0.2, 0.25) is 0 Å². The summed E-state index contributed by atoms with van der Waals surface area (Å²) >= 11 is 0. The van der Waals surface area contributed by atoms with Gasteiger partial charge in [0, 0.05) is 49.4 Å². The number of nitrogens with zero attached hydrogens (tertiary/aromatic N) is 2. The number of aromatic hydroxyl groups is 1. The van der Waals surface area contributed by atoms with Crippen molar-refractivity contribution in [2.75, 3.05) is 30.4 Å². The zero-order valence-corrected chi connectivity index (χ0v) is 27.1. The fraction of sp³-hybridized carbons (Fsp3) is 0.350. The molecule has 3 aliphatic rings. The van der Waals surface area contributed by atoms with Crippen molar-refractivity contribution in [3.05, 3.63) is 125 Å². The number of hydrogen-bond acceptors (Lipinski definition) is 6. The second kappa shape index (κ2) is 13.6. The zero-order valence-electron chi connectivity index (χ0n) is 27.1. The van der Waals surface area contributed by atoms with E-state index in [1.807, 2.05) is 24.3 Å². The number of piperidine rings is 2. The maximum Gasteiger partial charge on any atom is 0.249 e. The maximum atomic E-state index is 12.2. The molecular weight excluding hydrogens is 584 g/mol. The Morgan fingerprint density at radius 3 is 2.38 bits per heavy atom. The summed E-state index contributed by atoms with van der Waals surface area (Å²) in [5.74, 6) is 0.561. The highest BCUT2D eigenvalue weighted by molar-refractivity contribution is 6.01. The molecule has 4 aromatic carbocycles. The number of rotatable bonds is 8. The summed E-state index contributed by atoms with van der Waals surface area (Å²) in [6.45, 7) is 2.88. The van der Waals surface area contributed by atoms with Crippen LogP contribution in [-0.2, 0) is 22.6 Å². The average Bonchev–Trinajstić information content (AvgIpc) is 3.09. The van der Waals surface area contributed by atoms with Gasteiger partial charge in [0.1, 0.15) is 11.8 Å². The van der Waals surface area contributed by atoms with E-state index >= 15 is 0 Å². The van der Waals surface area contributed by atoms with Gasteiger partial charge in [-0.3, -0.25) is 19.8 Å². The van der Waals surface area contributed by atoms with Crippen molar-refractivity contribution in [2.45, 2.75) is 69.0 Å². The molecule has 3 N–H and O–H groups in total. The standard InChI is InChI=1S/C40H44N4O3/c1-43(26-27-6-5-9-31(24-27)41-37-18-19-38(46)42-40(37)47)32-20-22-44(23-21-32)33-13-10-29(11-14-33)39-35(28-7-3-2-4-8-28)16-12-30-25-34(45)15-17-36(30)39/h2-11,13-15,17,24-25,32,35,37,39,41,45H,12,16,18-23,26H2,1H3,(H,42,46,47). The van der Waals surface area contributed by atoms with E-state index in [0.29, 0.717) is 30.6 Å². The second-order valence-corrected chi connectivity index (χ2v) is 13.5. The molecule has 2 fully saturated rings. The number of anilines is 2. The van der Waals surface area contributed by atoms with Crippen molar-refractivity contribution in [1.29, 1.82) is 0 Å².